The fourth-order valence-electron chi connectivity index (χ4n) is 2.36. The van der Waals surface area contributed by atoms with Gasteiger partial charge in [-0.3, -0.25) is 4.79 Å². The Bertz CT molecular complexity index is 447. The number of nitrogens with two attached hydrogens (primary N) is 1. The van der Waals surface area contributed by atoms with Crippen molar-refractivity contribution in [3.63, 3.8) is 0 Å². The van der Waals surface area contributed by atoms with E-state index in [1.54, 1.807) is 0 Å². The number of likely N-dealkylation sites (tertiary alicyclic amines) is 1. The van der Waals surface area contributed by atoms with Crippen LogP contribution < -0.4 is 5.73 Å². The van der Waals surface area contributed by atoms with Gasteiger partial charge >= 0.3 is 0 Å². The van der Waals surface area contributed by atoms with Crippen LogP contribution in [-0.4, -0.2) is 28.9 Å². The Balaban J connectivity index is 2.01. The molecule has 106 valence electrons. The third-order valence-electron chi connectivity index (χ3n) is 4.24. The molecule has 0 bridgehead atoms. The molecule has 1 atom stereocenters. The quantitative estimate of drug-likeness (QED) is 0.926. The maximum atomic E-state index is 12.4. The maximum absolute atomic E-state index is 12.4. The maximum Gasteiger partial charge on any atom is 0.273 e. The van der Waals surface area contributed by atoms with Crippen LogP contribution in [0.25, 0.3) is 0 Å². The lowest BCUT2D eigenvalue weighted by molar-refractivity contribution is 0.0595. The topological polar surface area (TPSA) is 59.2 Å². The van der Waals surface area contributed by atoms with Crippen molar-refractivity contribution in [2.75, 3.05) is 13.1 Å². The van der Waals surface area contributed by atoms with Gasteiger partial charge in [-0.1, -0.05) is 20.3 Å². The molecule has 1 aliphatic rings. The number of carbonyl (C=O) groups is 1. The molecular weight excluding hydrogens is 258 g/mol. The lowest BCUT2D eigenvalue weighted by Gasteiger charge is -2.38. The molecule has 2 rings (SSSR count). The Hall–Kier alpha value is -0.940. The molecule has 1 aromatic rings. The Labute approximate surface area is 119 Å². The first kappa shape index (κ1) is 14.5. The summed E-state index contributed by atoms with van der Waals surface area (Å²) in [6.45, 7) is 8.11. The number of hydrogen-bond donors (Lipinski definition) is 1. The van der Waals surface area contributed by atoms with E-state index in [1.807, 2.05) is 17.2 Å². The van der Waals surface area contributed by atoms with Crippen molar-refractivity contribution in [1.29, 1.82) is 0 Å². The van der Waals surface area contributed by atoms with E-state index < -0.39 is 0 Å². The van der Waals surface area contributed by atoms with E-state index in [4.69, 9.17) is 5.73 Å². The Morgan fingerprint density at radius 1 is 1.58 bits per heavy atom. The molecule has 0 aromatic carbocycles. The van der Waals surface area contributed by atoms with Crippen molar-refractivity contribution >= 4 is 17.2 Å². The van der Waals surface area contributed by atoms with E-state index in [2.05, 4.69) is 18.8 Å². The number of carbonyl (C=O) groups excluding carboxylic acids is 1. The van der Waals surface area contributed by atoms with Crippen molar-refractivity contribution in [3.8, 4) is 0 Å². The van der Waals surface area contributed by atoms with Gasteiger partial charge in [0.25, 0.3) is 5.91 Å². The van der Waals surface area contributed by atoms with Gasteiger partial charge in [0.15, 0.2) is 0 Å². The number of nitrogens with zero attached hydrogens (tertiary/aromatic N) is 2. The van der Waals surface area contributed by atoms with Gasteiger partial charge in [0.1, 0.15) is 10.7 Å². The number of thiazole rings is 1. The van der Waals surface area contributed by atoms with Crippen LogP contribution in [0.4, 0.5) is 0 Å². The first-order valence-electron chi connectivity index (χ1n) is 6.95. The molecular formula is C14H23N3OS. The zero-order valence-corrected chi connectivity index (χ0v) is 12.8. The fraction of sp³-hybridized carbons (Fsp3) is 0.714. The molecule has 5 heteroatoms. The van der Waals surface area contributed by atoms with Crippen molar-refractivity contribution in [2.45, 2.75) is 46.1 Å². The molecule has 1 amide bonds. The highest BCUT2D eigenvalue weighted by Gasteiger charge is 2.31. The number of hydrogen-bond acceptors (Lipinski definition) is 4. The van der Waals surface area contributed by atoms with Gasteiger partial charge in [-0.15, -0.1) is 11.3 Å². The van der Waals surface area contributed by atoms with Crippen molar-refractivity contribution in [2.24, 2.45) is 11.1 Å². The van der Waals surface area contributed by atoms with E-state index in [0.29, 0.717) is 11.1 Å². The van der Waals surface area contributed by atoms with Gasteiger partial charge in [-0.2, -0.15) is 0 Å². The summed E-state index contributed by atoms with van der Waals surface area (Å²) in [5.74, 6) is 0.0568. The second-order valence-corrected chi connectivity index (χ2v) is 6.71. The number of amides is 1. The number of aromatic nitrogens is 1. The molecule has 19 heavy (non-hydrogen) atoms. The molecule has 2 N–H and O–H groups in total. The number of piperidine rings is 1. The molecule has 1 saturated heterocycles. The van der Waals surface area contributed by atoms with Gasteiger partial charge in [-0.05, 0) is 25.2 Å². The van der Waals surface area contributed by atoms with Gasteiger partial charge in [0.2, 0.25) is 0 Å². The van der Waals surface area contributed by atoms with Crippen LogP contribution in [-0.2, 0) is 0 Å². The Morgan fingerprint density at radius 2 is 2.21 bits per heavy atom. The average Bonchev–Trinajstić information content (AvgIpc) is 2.88. The standard InChI is InChI=1S/C14H23N3OS/c1-4-14(3)5-7-17(8-6-14)13(18)11-9-19-12(16-11)10(2)15/h9-10H,4-8,15H2,1-3H3. The monoisotopic (exact) mass is 281 g/mol. The predicted molar refractivity (Wildman–Crippen MR) is 78.3 cm³/mol. The molecule has 4 nitrogen and oxygen atoms in total. The van der Waals surface area contributed by atoms with Gasteiger partial charge in [0, 0.05) is 18.5 Å². The van der Waals surface area contributed by atoms with E-state index >= 15 is 0 Å². The molecule has 1 aliphatic heterocycles. The SMILES string of the molecule is CCC1(C)CCN(C(=O)c2csc(C(C)N)n2)CC1. The van der Waals surface area contributed by atoms with Gasteiger partial charge < -0.3 is 10.6 Å². The molecule has 1 fully saturated rings. The third kappa shape index (κ3) is 3.15. The summed E-state index contributed by atoms with van der Waals surface area (Å²) >= 11 is 1.47. The fourth-order valence-corrected chi connectivity index (χ4v) is 3.11. The lowest BCUT2D eigenvalue weighted by atomic mass is 9.78. The minimum Gasteiger partial charge on any atom is -0.337 e. The summed E-state index contributed by atoms with van der Waals surface area (Å²) in [6, 6.07) is -0.101. The highest BCUT2D eigenvalue weighted by Crippen LogP contribution is 2.34. The minimum absolute atomic E-state index is 0.0568. The second-order valence-electron chi connectivity index (χ2n) is 5.82. The van der Waals surface area contributed by atoms with Crippen LogP contribution >= 0.6 is 11.3 Å². The largest absolute Gasteiger partial charge is 0.337 e. The van der Waals surface area contributed by atoms with Crippen LogP contribution in [0.2, 0.25) is 0 Å². The predicted octanol–water partition coefficient (Wildman–Crippen LogP) is 2.82. The van der Waals surface area contributed by atoms with E-state index in [0.717, 1.165) is 30.9 Å². The van der Waals surface area contributed by atoms with Crippen LogP contribution in [0.1, 0.15) is 61.6 Å². The summed E-state index contributed by atoms with van der Waals surface area (Å²) in [5.41, 5.74) is 6.73. The van der Waals surface area contributed by atoms with E-state index in [9.17, 15) is 4.79 Å². The molecule has 0 radical (unpaired) electrons. The van der Waals surface area contributed by atoms with Crippen LogP contribution in [0.5, 0.6) is 0 Å². The zero-order chi connectivity index (χ0) is 14.0. The van der Waals surface area contributed by atoms with Gasteiger partial charge in [-0.25, -0.2) is 4.98 Å². The third-order valence-corrected chi connectivity index (χ3v) is 5.29. The van der Waals surface area contributed by atoms with Crippen LogP contribution in [0, 0.1) is 5.41 Å². The normalized spacial score (nSPS) is 20.3. The summed E-state index contributed by atoms with van der Waals surface area (Å²) in [6.07, 6.45) is 3.35. The van der Waals surface area contributed by atoms with E-state index in [-0.39, 0.29) is 11.9 Å². The summed E-state index contributed by atoms with van der Waals surface area (Å²) < 4.78 is 0. The zero-order valence-electron chi connectivity index (χ0n) is 12.0. The summed E-state index contributed by atoms with van der Waals surface area (Å²) in [4.78, 5) is 18.6. The first-order chi connectivity index (χ1) is 8.95. The molecule has 2 heterocycles. The highest BCUT2D eigenvalue weighted by atomic mass is 32.1. The Morgan fingerprint density at radius 3 is 2.68 bits per heavy atom. The minimum atomic E-state index is -0.101. The lowest BCUT2D eigenvalue weighted by Crippen LogP contribution is -2.42. The Kier molecular flexibility index (Phi) is 4.26. The van der Waals surface area contributed by atoms with Crippen molar-refractivity contribution in [3.05, 3.63) is 16.1 Å². The average molecular weight is 281 g/mol. The molecule has 1 unspecified atom stereocenters. The van der Waals surface area contributed by atoms with Gasteiger partial charge in [0.05, 0.1) is 6.04 Å². The summed E-state index contributed by atoms with van der Waals surface area (Å²) in [7, 11) is 0. The molecule has 0 saturated carbocycles. The van der Waals surface area contributed by atoms with Crippen molar-refractivity contribution < 1.29 is 4.79 Å². The van der Waals surface area contributed by atoms with Crippen LogP contribution in [0.3, 0.4) is 0 Å². The highest BCUT2D eigenvalue weighted by molar-refractivity contribution is 7.09. The summed E-state index contributed by atoms with van der Waals surface area (Å²) in [5, 5.41) is 2.66. The smallest absolute Gasteiger partial charge is 0.273 e. The van der Waals surface area contributed by atoms with Crippen LogP contribution in [0.15, 0.2) is 5.38 Å². The van der Waals surface area contributed by atoms with E-state index in [1.165, 1.54) is 17.8 Å². The van der Waals surface area contributed by atoms with Crippen molar-refractivity contribution in [1.82, 2.24) is 9.88 Å². The molecule has 0 spiro atoms. The second kappa shape index (κ2) is 5.59. The molecule has 1 aromatic heterocycles. The number of rotatable bonds is 3. The first-order valence-corrected chi connectivity index (χ1v) is 7.83. The molecule has 0 aliphatic carbocycles.